The Morgan fingerprint density at radius 2 is 1.90 bits per heavy atom. The first-order valence-corrected chi connectivity index (χ1v) is 7.79. The van der Waals surface area contributed by atoms with E-state index in [1.165, 1.54) is 12.8 Å². The average molecular weight is 293 g/mol. The fourth-order valence-electron chi connectivity index (χ4n) is 2.34. The Bertz CT molecular complexity index is 430. The first-order chi connectivity index (χ1) is 10.1. The highest BCUT2D eigenvalue weighted by Gasteiger charge is 2.12. The molecule has 0 atom stereocenters. The van der Waals surface area contributed by atoms with Crippen LogP contribution in [0.2, 0.25) is 0 Å². The van der Waals surface area contributed by atoms with Gasteiger partial charge in [-0.25, -0.2) is 4.79 Å². The van der Waals surface area contributed by atoms with E-state index in [9.17, 15) is 4.79 Å². The molecule has 0 saturated heterocycles. The summed E-state index contributed by atoms with van der Waals surface area (Å²) >= 11 is 0. The average Bonchev–Trinajstić information content (AvgIpc) is 2.51. The van der Waals surface area contributed by atoms with Crippen molar-refractivity contribution < 1.29 is 14.6 Å². The molecular formula is C17H27NO3. The van der Waals surface area contributed by atoms with Crippen LogP contribution in [0.15, 0.2) is 24.3 Å². The van der Waals surface area contributed by atoms with Gasteiger partial charge in [-0.05, 0) is 24.6 Å². The van der Waals surface area contributed by atoms with Crippen LogP contribution in [-0.2, 0) is 0 Å². The largest absolute Gasteiger partial charge is 0.491 e. The number of hydrogen-bond donors (Lipinski definition) is 1. The summed E-state index contributed by atoms with van der Waals surface area (Å²) in [7, 11) is 0. The van der Waals surface area contributed by atoms with Crippen LogP contribution in [-0.4, -0.2) is 42.2 Å². The third kappa shape index (κ3) is 5.76. The maximum Gasteiger partial charge on any atom is 0.339 e. The standard InChI is InChI=1S/C17H27NO3/c1-4-14(5-2)13-18(6-3)11-12-21-16-10-8-7-9-15(16)17(19)20/h7-10,14H,4-6,11-13H2,1-3H3,(H,19,20). The number of aromatic carboxylic acids is 1. The molecule has 0 unspecified atom stereocenters. The highest BCUT2D eigenvalue weighted by Crippen LogP contribution is 2.17. The summed E-state index contributed by atoms with van der Waals surface area (Å²) in [6, 6.07) is 6.78. The molecule has 21 heavy (non-hydrogen) atoms. The van der Waals surface area contributed by atoms with Gasteiger partial charge in [0, 0.05) is 13.1 Å². The molecule has 0 amide bonds. The van der Waals surface area contributed by atoms with Gasteiger partial charge in [-0.2, -0.15) is 0 Å². The van der Waals surface area contributed by atoms with Crippen molar-refractivity contribution in [1.29, 1.82) is 0 Å². The van der Waals surface area contributed by atoms with Crippen molar-refractivity contribution in [2.24, 2.45) is 5.92 Å². The van der Waals surface area contributed by atoms with Crippen molar-refractivity contribution in [1.82, 2.24) is 4.90 Å². The van der Waals surface area contributed by atoms with Gasteiger partial charge in [0.05, 0.1) is 0 Å². The van der Waals surface area contributed by atoms with Gasteiger partial charge in [0.25, 0.3) is 0 Å². The Balaban J connectivity index is 2.50. The lowest BCUT2D eigenvalue weighted by Crippen LogP contribution is -2.33. The lowest BCUT2D eigenvalue weighted by molar-refractivity contribution is 0.0691. The van der Waals surface area contributed by atoms with E-state index in [-0.39, 0.29) is 5.56 Å². The van der Waals surface area contributed by atoms with Crippen LogP contribution in [0.5, 0.6) is 5.75 Å². The van der Waals surface area contributed by atoms with E-state index in [0.717, 1.165) is 25.6 Å². The third-order valence-electron chi connectivity index (χ3n) is 3.90. The van der Waals surface area contributed by atoms with E-state index in [1.807, 2.05) is 0 Å². The topological polar surface area (TPSA) is 49.8 Å². The number of likely N-dealkylation sites (N-methyl/N-ethyl adjacent to an activating group) is 1. The molecule has 4 heteroatoms. The minimum Gasteiger partial charge on any atom is -0.491 e. The second kappa shape index (κ2) is 9.40. The summed E-state index contributed by atoms with van der Waals surface area (Å²) in [4.78, 5) is 13.5. The van der Waals surface area contributed by atoms with Crippen LogP contribution in [0.3, 0.4) is 0 Å². The van der Waals surface area contributed by atoms with E-state index in [2.05, 4.69) is 25.7 Å². The van der Waals surface area contributed by atoms with Gasteiger partial charge >= 0.3 is 5.97 Å². The quantitative estimate of drug-likeness (QED) is 0.717. The number of ether oxygens (including phenoxy) is 1. The predicted octanol–water partition coefficient (Wildman–Crippen LogP) is 3.52. The molecule has 4 nitrogen and oxygen atoms in total. The Kier molecular flexibility index (Phi) is 7.83. The summed E-state index contributed by atoms with van der Waals surface area (Å²) in [6.45, 7) is 9.99. The summed E-state index contributed by atoms with van der Waals surface area (Å²) in [5, 5.41) is 9.11. The molecule has 0 aliphatic carbocycles. The Hall–Kier alpha value is -1.55. The molecule has 1 N–H and O–H groups in total. The highest BCUT2D eigenvalue weighted by atomic mass is 16.5. The van der Waals surface area contributed by atoms with Crippen molar-refractivity contribution in [3.05, 3.63) is 29.8 Å². The second-order valence-electron chi connectivity index (χ2n) is 5.23. The molecule has 1 rings (SSSR count). The number of para-hydroxylation sites is 1. The summed E-state index contributed by atoms with van der Waals surface area (Å²) in [5.41, 5.74) is 0.223. The number of benzene rings is 1. The molecule has 0 heterocycles. The zero-order chi connectivity index (χ0) is 15.7. The van der Waals surface area contributed by atoms with E-state index < -0.39 is 5.97 Å². The molecular weight excluding hydrogens is 266 g/mol. The number of nitrogens with zero attached hydrogens (tertiary/aromatic N) is 1. The van der Waals surface area contributed by atoms with Crippen LogP contribution in [0.25, 0.3) is 0 Å². The minimum absolute atomic E-state index is 0.223. The first kappa shape index (κ1) is 17.5. The molecule has 0 aliphatic heterocycles. The summed E-state index contributed by atoms with van der Waals surface area (Å²) in [5.74, 6) is 0.217. The van der Waals surface area contributed by atoms with Gasteiger partial charge < -0.3 is 9.84 Å². The summed E-state index contributed by atoms with van der Waals surface area (Å²) in [6.07, 6.45) is 2.38. The smallest absolute Gasteiger partial charge is 0.339 e. The van der Waals surface area contributed by atoms with Gasteiger partial charge in [0.15, 0.2) is 0 Å². The lowest BCUT2D eigenvalue weighted by Gasteiger charge is -2.25. The molecule has 0 aliphatic rings. The Labute approximate surface area is 127 Å². The van der Waals surface area contributed by atoms with E-state index in [0.29, 0.717) is 12.4 Å². The third-order valence-corrected chi connectivity index (χ3v) is 3.90. The molecule has 0 spiro atoms. The predicted molar refractivity (Wildman–Crippen MR) is 85.1 cm³/mol. The zero-order valence-electron chi connectivity index (χ0n) is 13.3. The number of hydrogen-bond acceptors (Lipinski definition) is 3. The highest BCUT2D eigenvalue weighted by molar-refractivity contribution is 5.90. The molecule has 0 radical (unpaired) electrons. The Morgan fingerprint density at radius 3 is 2.48 bits per heavy atom. The van der Waals surface area contributed by atoms with Gasteiger partial charge in [0.1, 0.15) is 17.9 Å². The molecule has 0 fully saturated rings. The van der Waals surface area contributed by atoms with Crippen LogP contribution in [0, 0.1) is 5.92 Å². The molecule has 1 aromatic rings. The second-order valence-corrected chi connectivity index (χ2v) is 5.23. The van der Waals surface area contributed by atoms with Crippen molar-refractivity contribution in [3.8, 4) is 5.75 Å². The maximum absolute atomic E-state index is 11.1. The van der Waals surface area contributed by atoms with Crippen LogP contribution in [0.4, 0.5) is 0 Å². The van der Waals surface area contributed by atoms with Crippen molar-refractivity contribution >= 4 is 5.97 Å². The van der Waals surface area contributed by atoms with E-state index in [1.54, 1.807) is 24.3 Å². The van der Waals surface area contributed by atoms with Crippen LogP contribution in [0.1, 0.15) is 44.0 Å². The van der Waals surface area contributed by atoms with Crippen molar-refractivity contribution in [2.45, 2.75) is 33.6 Å². The maximum atomic E-state index is 11.1. The lowest BCUT2D eigenvalue weighted by atomic mass is 10.0. The molecule has 0 saturated carbocycles. The number of carboxylic acids is 1. The van der Waals surface area contributed by atoms with E-state index in [4.69, 9.17) is 9.84 Å². The molecule has 0 aromatic heterocycles. The van der Waals surface area contributed by atoms with Gasteiger partial charge in [-0.15, -0.1) is 0 Å². The minimum atomic E-state index is -0.949. The monoisotopic (exact) mass is 293 g/mol. The van der Waals surface area contributed by atoms with Crippen molar-refractivity contribution in [3.63, 3.8) is 0 Å². The Morgan fingerprint density at radius 1 is 1.24 bits per heavy atom. The van der Waals surface area contributed by atoms with E-state index >= 15 is 0 Å². The SMILES string of the molecule is CCC(CC)CN(CC)CCOc1ccccc1C(=O)O. The first-order valence-electron chi connectivity index (χ1n) is 7.79. The van der Waals surface area contributed by atoms with Gasteiger partial charge in [0.2, 0.25) is 0 Å². The van der Waals surface area contributed by atoms with Crippen LogP contribution < -0.4 is 4.74 Å². The number of carboxylic acid groups (broad SMARTS) is 1. The number of carbonyl (C=O) groups is 1. The number of rotatable bonds is 10. The molecule has 1 aromatic carbocycles. The summed E-state index contributed by atoms with van der Waals surface area (Å²) < 4.78 is 5.66. The van der Waals surface area contributed by atoms with Crippen LogP contribution >= 0.6 is 0 Å². The van der Waals surface area contributed by atoms with Gasteiger partial charge in [-0.3, -0.25) is 4.90 Å². The van der Waals surface area contributed by atoms with Gasteiger partial charge in [-0.1, -0.05) is 45.7 Å². The zero-order valence-corrected chi connectivity index (χ0v) is 13.3. The fourth-order valence-corrected chi connectivity index (χ4v) is 2.34. The normalized spacial score (nSPS) is 11.1. The van der Waals surface area contributed by atoms with Crippen molar-refractivity contribution in [2.75, 3.05) is 26.2 Å². The molecule has 0 bridgehead atoms. The molecule has 118 valence electrons. The fraction of sp³-hybridized carbons (Fsp3) is 0.588.